The van der Waals surface area contributed by atoms with Crippen LogP contribution in [0.5, 0.6) is 0 Å². The largest absolute Gasteiger partial charge is 0.360 e. The molecule has 0 unspecified atom stereocenters. The summed E-state index contributed by atoms with van der Waals surface area (Å²) in [5.74, 6) is 0.736. The van der Waals surface area contributed by atoms with Crippen LogP contribution in [0.15, 0.2) is 0 Å². The summed E-state index contributed by atoms with van der Waals surface area (Å²) in [7, 11) is 0. The van der Waals surface area contributed by atoms with Gasteiger partial charge in [0.1, 0.15) is 0 Å². The zero-order chi connectivity index (χ0) is 15.7. The molecule has 2 atom stereocenters. The van der Waals surface area contributed by atoms with Crippen LogP contribution in [0.1, 0.15) is 73.1 Å². The van der Waals surface area contributed by atoms with Crippen LogP contribution in [0, 0.1) is 5.92 Å². The zero-order valence-electron chi connectivity index (χ0n) is 14.4. The molecule has 0 aromatic carbocycles. The summed E-state index contributed by atoms with van der Waals surface area (Å²) < 4.78 is 0. The first-order valence-electron chi connectivity index (χ1n) is 8.53. The Kier molecular flexibility index (Phi) is 5.19. The Balaban J connectivity index is 1.87. The Hall–Kier alpha value is -0.350. The third-order valence-electron chi connectivity index (χ3n) is 4.95. The third-order valence-corrected chi connectivity index (χ3v) is 5.19. The van der Waals surface area contributed by atoms with Gasteiger partial charge in [-0.1, -0.05) is 19.8 Å². The predicted octanol–water partition coefficient (Wildman–Crippen LogP) is 3.34. The van der Waals surface area contributed by atoms with Gasteiger partial charge in [-0.15, -0.1) is 0 Å². The van der Waals surface area contributed by atoms with E-state index in [-0.39, 0.29) is 11.1 Å². The molecule has 21 heavy (non-hydrogen) atoms. The third kappa shape index (κ3) is 5.10. The molecular formula is C17H33N3S. The van der Waals surface area contributed by atoms with Crippen molar-refractivity contribution in [1.82, 2.24) is 16.0 Å². The molecule has 1 aliphatic heterocycles. The van der Waals surface area contributed by atoms with Crippen LogP contribution in [-0.2, 0) is 0 Å². The number of thiocarbonyl (C=S) groups is 1. The van der Waals surface area contributed by atoms with Crippen LogP contribution >= 0.6 is 12.2 Å². The van der Waals surface area contributed by atoms with E-state index in [9.17, 15) is 0 Å². The van der Waals surface area contributed by atoms with Gasteiger partial charge in [-0.05, 0) is 71.5 Å². The molecule has 2 fully saturated rings. The van der Waals surface area contributed by atoms with Crippen LogP contribution < -0.4 is 16.0 Å². The van der Waals surface area contributed by atoms with Gasteiger partial charge in [-0.25, -0.2) is 0 Å². The van der Waals surface area contributed by atoms with E-state index in [0.29, 0.717) is 12.1 Å². The maximum absolute atomic E-state index is 5.58. The first-order chi connectivity index (χ1) is 9.67. The van der Waals surface area contributed by atoms with Crippen molar-refractivity contribution in [3.05, 3.63) is 0 Å². The van der Waals surface area contributed by atoms with Crippen molar-refractivity contribution in [2.75, 3.05) is 0 Å². The number of hydrogen-bond donors (Lipinski definition) is 3. The van der Waals surface area contributed by atoms with Crippen molar-refractivity contribution >= 4 is 17.3 Å². The summed E-state index contributed by atoms with van der Waals surface area (Å²) in [6, 6.07) is 1.01. The number of hydrogen-bond acceptors (Lipinski definition) is 2. The molecule has 2 aliphatic rings. The van der Waals surface area contributed by atoms with Gasteiger partial charge in [-0.2, -0.15) is 0 Å². The van der Waals surface area contributed by atoms with Crippen LogP contribution in [0.2, 0.25) is 0 Å². The van der Waals surface area contributed by atoms with E-state index in [0.717, 1.165) is 23.9 Å². The second kappa shape index (κ2) is 6.41. The number of rotatable bonds is 2. The molecule has 3 nitrogen and oxygen atoms in total. The minimum absolute atomic E-state index is 0.160. The smallest absolute Gasteiger partial charge is 0.166 e. The van der Waals surface area contributed by atoms with Gasteiger partial charge in [0.05, 0.1) is 0 Å². The highest BCUT2D eigenvalue weighted by molar-refractivity contribution is 7.80. The van der Waals surface area contributed by atoms with E-state index in [2.05, 4.69) is 50.6 Å². The van der Waals surface area contributed by atoms with Gasteiger partial charge >= 0.3 is 0 Å². The lowest BCUT2D eigenvalue weighted by Gasteiger charge is -2.47. The molecule has 2 rings (SSSR count). The molecule has 1 aliphatic carbocycles. The molecule has 0 aromatic rings. The van der Waals surface area contributed by atoms with Crippen LogP contribution in [-0.4, -0.2) is 28.3 Å². The number of piperidine rings is 1. The maximum Gasteiger partial charge on any atom is 0.166 e. The molecular weight excluding hydrogens is 278 g/mol. The molecule has 3 N–H and O–H groups in total. The maximum atomic E-state index is 5.58. The van der Waals surface area contributed by atoms with Crippen LogP contribution in [0.4, 0.5) is 0 Å². The lowest BCUT2D eigenvalue weighted by atomic mass is 9.79. The Labute approximate surface area is 136 Å². The second-order valence-corrected chi connectivity index (χ2v) is 8.89. The van der Waals surface area contributed by atoms with E-state index >= 15 is 0 Å². The van der Waals surface area contributed by atoms with Crippen LogP contribution in [0.25, 0.3) is 0 Å². The van der Waals surface area contributed by atoms with E-state index in [1.807, 2.05) is 0 Å². The molecule has 0 radical (unpaired) electrons. The average Bonchev–Trinajstić information content (AvgIpc) is 2.27. The standard InChI is InChI=1S/C17H33N3S/c1-12-8-6-7-9-14(12)19-15(21)18-13-10-16(2,3)20-17(4,5)11-13/h12-14,20H,6-11H2,1-5H3,(H2,18,19,21)/t12-,14+/m0/s1. The average molecular weight is 312 g/mol. The minimum atomic E-state index is 0.160. The first kappa shape index (κ1) is 17.0. The highest BCUT2D eigenvalue weighted by Crippen LogP contribution is 2.28. The molecule has 0 aromatic heterocycles. The quantitative estimate of drug-likeness (QED) is 0.684. The van der Waals surface area contributed by atoms with E-state index in [1.54, 1.807) is 0 Å². The first-order valence-corrected chi connectivity index (χ1v) is 8.94. The molecule has 4 heteroatoms. The lowest BCUT2D eigenvalue weighted by Crippen LogP contribution is -2.63. The monoisotopic (exact) mass is 311 g/mol. The van der Waals surface area contributed by atoms with Crippen molar-refractivity contribution < 1.29 is 0 Å². The van der Waals surface area contributed by atoms with Crippen LogP contribution in [0.3, 0.4) is 0 Å². The van der Waals surface area contributed by atoms with Crippen molar-refractivity contribution in [2.45, 2.75) is 96.3 Å². The van der Waals surface area contributed by atoms with Gasteiger partial charge in [0.25, 0.3) is 0 Å². The molecule has 1 saturated heterocycles. The zero-order valence-corrected chi connectivity index (χ0v) is 15.2. The summed E-state index contributed by atoms with van der Waals surface area (Å²) >= 11 is 5.58. The Bertz CT molecular complexity index is 362. The highest BCUT2D eigenvalue weighted by Gasteiger charge is 2.38. The minimum Gasteiger partial charge on any atom is -0.360 e. The van der Waals surface area contributed by atoms with Gasteiger partial charge < -0.3 is 16.0 Å². The topological polar surface area (TPSA) is 36.1 Å². The molecule has 0 bridgehead atoms. The SMILES string of the molecule is C[C@H]1CCCC[C@H]1NC(=S)NC1CC(C)(C)NC(C)(C)C1. The van der Waals surface area contributed by atoms with E-state index in [4.69, 9.17) is 12.2 Å². The van der Waals surface area contributed by atoms with Gasteiger partial charge in [0.15, 0.2) is 5.11 Å². The molecule has 122 valence electrons. The summed E-state index contributed by atoms with van der Waals surface area (Å²) in [5, 5.41) is 11.7. The number of nitrogens with one attached hydrogen (secondary N) is 3. The molecule has 1 heterocycles. The van der Waals surface area contributed by atoms with Gasteiger partial charge in [0.2, 0.25) is 0 Å². The van der Waals surface area contributed by atoms with E-state index < -0.39 is 0 Å². The Morgan fingerprint density at radius 3 is 2.14 bits per heavy atom. The normalized spacial score (nSPS) is 32.4. The van der Waals surface area contributed by atoms with Crippen molar-refractivity contribution in [3.8, 4) is 0 Å². The summed E-state index contributed by atoms with van der Waals surface area (Å²) in [6.45, 7) is 11.5. The summed E-state index contributed by atoms with van der Waals surface area (Å²) in [4.78, 5) is 0. The Morgan fingerprint density at radius 1 is 1.00 bits per heavy atom. The Morgan fingerprint density at radius 2 is 1.57 bits per heavy atom. The fourth-order valence-corrected chi connectivity index (χ4v) is 4.67. The van der Waals surface area contributed by atoms with Crippen molar-refractivity contribution in [3.63, 3.8) is 0 Å². The van der Waals surface area contributed by atoms with Gasteiger partial charge in [-0.3, -0.25) is 0 Å². The summed E-state index contributed by atoms with van der Waals surface area (Å²) in [5.41, 5.74) is 0.320. The van der Waals surface area contributed by atoms with E-state index in [1.165, 1.54) is 25.7 Å². The predicted molar refractivity (Wildman–Crippen MR) is 94.6 cm³/mol. The molecule has 0 amide bonds. The summed E-state index contributed by atoms with van der Waals surface area (Å²) in [6.07, 6.45) is 7.51. The van der Waals surface area contributed by atoms with Crippen molar-refractivity contribution in [2.24, 2.45) is 5.92 Å². The molecule has 0 spiro atoms. The fraction of sp³-hybridized carbons (Fsp3) is 0.941. The lowest BCUT2D eigenvalue weighted by molar-refractivity contribution is 0.155. The second-order valence-electron chi connectivity index (χ2n) is 8.48. The fourth-order valence-electron chi connectivity index (χ4n) is 4.35. The molecule has 1 saturated carbocycles. The highest BCUT2D eigenvalue weighted by atomic mass is 32.1. The van der Waals surface area contributed by atoms with Crippen molar-refractivity contribution in [1.29, 1.82) is 0 Å². The van der Waals surface area contributed by atoms with Gasteiger partial charge in [0, 0.05) is 23.2 Å².